The molecule has 1 aliphatic heterocycles. The molecule has 2 aromatic carbocycles. The molecule has 0 aliphatic carbocycles. The summed E-state index contributed by atoms with van der Waals surface area (Å²) in [6, 6.07) is 15.0. The fourth-order valence-corrected chi connectivity index (χ4v) is 6.03. The Kier molecular flexibility index (Phi) is 7.12. The maximum absolute atomic E-state index is 15.0. The molecule has 4 aromatic rings. The quantitative estimate of drug-likeness (QED) is 0.371. The number of nitrogens with zero attached hydrogens (tertiary/aromatic N) is 3. The molecule has 37 heavy (non-hydrogen) atoms. The third kappa shape index (κ3) is 6.08. The largest absolute Gasteiger partial charge is 0.350 e. The van der Waals surface area contributed by atoms with E-state index < -0.39 is 21.8 Å². The van der Waals surface area contributed by atoms with Gasteiger partial charge in [-0.1, -0.05) is 42.5 Å². The number of aryl methyl sites for hydroxylation is 1. The highest BCUT2D eigenvalue weighted by Crippen LogP contribution is 2.26. The van der Waals surface area contributed by atoms with Crippen LogP contribution in [0.4, 0.5) is 14.7 Å². The minimum atomic E-state index is -3.54. The van der Waals surface area contributed by atoms with Gasteiger partial charge in [-0.15, -0.1) is 0 Å². The van der Waals surface area contributed by atoms with E-state index in [0.29, 0.717) is 53.3 Å². The first-order valence-electron chi connectivity index (χ1n) is 12.0. The van der Waals surface area contributed by atoms with Crippen molar-refractivity contribution in [2.75, 3.05) is 18.4 Å². The summed E-state index contributed by atoms with van der Waals surface area (Å²) in [5.41, 5.74) is 3.85. The van der Waals surface area contributed by atoms with Gasteiger partial charge in [0.25, 0.3) is 0 Å². The predicted octanol–water partition coefficient (Wildman–Crippen LogP) is 4.37. The second-order valence-corrected chi connectivity index (χ2v) is 11.5. The van der Waals surface area contributed by atoms with Crippen LogP contribution in [0.3, 0.4) is 0 Å². The zero-order chi connectivity index (χ0) is 26.0. The van der Waals surface area contributed by atoms with E-state index in [1.54, 1.807) is 42.6 Å². The van der Waals surface area contributed by atoms with E-state index in [0.717, 1.165) is 5.56 Å². The van der Waals surface area contributed by atoms with Gasteiger partial charge in [0, 0.05) is 36.7 Å². The lowest BCUT2D eigenvalue weighted by Crippen LogP contribution is -2.44. The van der Waals surface area contributed by atoms with Crippen LogP contribution in [0.25, 0.3) is 22.3 Å². The topological polar surface area (TPSA) is 96.9 Å². The molecule has 0 amide bonds. The Bertz CT molecular complexity index is 1530. The number of alkyl halides is 1. The molecule has 10 heteroatoms. The van der Waals surface area contributed by atoms with Crippen molar-refractivity contribution in [2.24, 2.45) is 0 Å². The lowest BCUT2D eigenvalue weighted by Gasteiger charge is -2.26. The van der Waals surface area contributed by atoms with Crippen LogP contribution in [0.2, 0.25) is 0 Å². The molecule has 0 unspecified atom stereocenters. The summed E-state index contributed by atoms with van der Waals surface area (Å²) in [6.07, 6.45) is 1.07. The van der Waals surface area contributed by atoms with Crippen LogP contribution in [0, 0.1) is 12.7 Å². The third-order valence-corrected chi connectivity index (χ3v) is 7.84. The van der Waals surface area contributed by atoms with Gasteiger partial charge in [0.1, 0.15) is 17.5 Å². The van der Waals surface area contributed by atoms with Crippen LogP contribution in [-0.4, -0.2) is 48.7 Å². The molecule has 192 valence electrons. The number of hydrogen-bond acceptors (Lipinski definition) is 7. The Morgan fingerprint density at radius 1 is 1.05 bits per heavy atom. The molecule has 2 atom stereocenters. The summed E-state index contributed by atoms with van der Waals surface area (Å²) in [7, 11) is -3.54. The van der Waals surface area contributed by atoms with Crippen molar-refractivity contribution in [3.63, 3.8) is 0 Å². The molecule has 0 radical (unpaired) electrons. The average molecular weight is 524 g/mol. The highest BCUT2D eigenvalue weighted by molar-refractivity contribution is 7.89. The van der Waals surface area contributed by atoms with Gasteiger partial charge in [0.2, 0.25) is 5.95 Å². The number of halogens is 2. The number of pyridine rings is 1. The van der Waals surface area contributed by atoms with E-state index in [4.69, 9.17) is 0 Å². The van der Waals surface area contributed by atoms with E-state index in [2.05, 4.69) is 25.6 Å². The SMILES string of the molecule is Cc1cc(-c2ccc(CS(=O)(=O)Cc3ccccc3)c(F)c2)nc2cnc(N[C@@H]3CNC[C@@H](F)C3)nc12. The molecular weight excluding hydrogens is 496 g/mol. The number of sulfone groups is 1. The second-order valence-electron chi connectivity index (χ2n) is 9.41. The van der Waals surface area contributed by atoms with Crippen LogP contribution >= 0.6 is 0 Å². The number of rotatable bonds is 7. The van der Waals surface area contributed by atoms with Gasteiger partial charge in [-0.2, -0.15) is 0 Å². The van der Waals surface area contributed by atoms with Crippen molar-refractivity contribution in [2.45, 2.75) is 37.1 Å². The first-order chi connectivity index (χ1) is 17.8. The highest BCUT2D eigenvalue weighted by Gasteiger charge is 2.22. The molecule has 3 heterocycles. The van der Waals surface area contributed by atoms with E-state index >= 15 is 0 Å². The van der Waals surface area contributed by atoms with Crippen molar-refractivity contribution in [1.29, 1.82) is 0 Å². The number of aromatic nitrogens is 3. The molecule has 2 aromatic heterocycles. The Morgan fingerprint density at radius 3 is 2.62 bits per heavy atom. The fourth-order valence-electron chi connectivity index (χ4n) is 4.52. The number of nitrogens with one attached hydrogen (secondary N) is 2. The Morgan fingerprint density at radius 2 is 1.86 bits per heavy atom. The van der Waals surface area contributed by atoms with Gasteiger partial charge < -0.3 is 10.6 Å². The van der Waals surface area contributed by atoms with Crippen molar-refractivity contribution < 1.29 is 17.2 Å². The van der Waals surface area contributed by atoms with Crippen molar-refractivity contribution in [3.8, 4) is 11.3 Å². The van der Waals surface area contributed by atoms with Gasteiger partial charge in [-0.25, -0.2) is 32.2 Å². The maximum Gasteiger partial charge on any atom is 0.223 e. The number of fused-ring (bicyclic) bond motifs is 1. The van der Waals surface area contributed by atoms with Gasteiger partial charge >= 0.3 is 0 Å². The normalized spacial score (nSPS) is 18.1. The molecule has 5 rings (SSSR count). The Hall–Kier alpha value is -3.50. The third-order valence-electron chi connectivity index (χ3n) is 6.32. The van der Waals surface area contributed by atoms with Gasteiger partial charge in [0.15, 0.2) is 9.84 Å². The summed E-state index contributed by atoms with van der Waals surface area (Å²) in [5.74, 6) is -0.736. The second kappa shape index (κ2) is 10.5. The molecule has 0 spiro atoms. The zero-order valence-electron chi connectivity index (χ0n) is 20.3. The number of piperidine rings is 1. The van der Waals surface area contributed by atoms with Crippen LogP contribution in [0.5, 0.6) is 0 Å². The van der Waals surface area contributed by atoms with E-state index in [9.17, 15) is 17.2 Å². The molecule has 1 fully saturated rings. The summed E-state index contributed by atoms with van der Waals surface area (Å²) < 4.78 is 53.9. The average Bonchev–Trinajstić information content (AvgIpc) is 2.86. The standard InChI is InChI=1S/C27H27F2N5O2S/c1-17-9-24(33-25-14-31-27(34-26(17)25)32-22-11-21(28)12-30-13-22)19-7-8-20(23(29)10-19)16-37(35,36)15-18-5-3-2-4-6-18/h2-10,14,21-22,30H,11-13,15-16H2,1H3,(H,31,32,34)/t21-,22-/m0/s1. The molecule has 7 nitrogen and oxygen atoms in total. The molecule has 1 saturated heterocycles. The van der Waals surface area contributed by atoms with E-state index in [-0.39, 0.29) is 23.1 Å². The number of hydrogen-bond donors (Lipinski definition) is 2. The molecule has 0 bridgehead atoms. The first-order valence-corrected chi connectivity index (χ1v) is 13.9. The summed E-state index contributed by atoms with van der Waals surface area (Å²) in [5, 5.41) is 6.21. The summed E-state index contributed by atoms with van der Waals surface area (Å²) in [4.78, 5) is 13.5. The van der Waals surface area contributed by atoms with Gasteiger partial charge in [0.05, 0.1) is 28.9 Å². The number of benzene rings is 2. The van der Waals surface area contributed by atoms with E-state index in [1.807, 2.05) is 13.0 Å². The zero-order valence-corrected chi connectivity index (χ0v) is 21.1. The van der Waals surface area contributed by atoms with Gasteiger partial charge in [-0.05, 0) is 30.2 Å². The Labute approximate surface area is 214 Å². The van der Waals surface area contributed by atoms with E-state index in [1.165, 1.54) is 12.1 Å². The van der Waals surface area contributed by atoms with Crippen molar-refractivity contribution in [3.05, 3.63) is 83.3 Å². The van der Waals surface area contributed by atoms with Crippen LogP contribution in [-0.2, 0) is 21.3 Å². The highest BCUT2D eigenvalue weighted by atomic mass is 32.2. The minimum absolute atomic E-state index is 0.105. The van der Waals surface area contributed by atoms with Crippen molar-refractivity contribution in [1.82, 2.24) is 20.3 Å². The van der Waals surface area contributed by atoms with Crippen molar-refractivity contribution >= 4 is 26.8 Å². The summed E-state index contributed by atoms with van der Waals surface area (Å²) >= 11 is 0. The summed E-state index contributed by atoms with van der Waals surface area (Å²) in [6.45, 7) is 2.87. The van der Waals surface area contributed by atoms with Crippen LogP contribution < -0.4 is 10.6 Å². The van der Waals surface area contributed by atoms with Gasteiger partial charge in [-0.3, -0.25) is 0 Å². The molecular formula is C27H27F2N5O2S. The first kappa shape index (κ1) is 25.2. The lowest BCUT2D eigenvalue weighted by molar-refractivity contribution is 0.254. The van der Waals surface area contributed by atoms with Crippen LogP contribution in [0.15, 0.2) is 60.8 Å². The fraction of sp³-hybridized carbons (Fsp3) is 0.296. The van der Waals surface area contributed by atoms with Crippen LogP contribution in [0.1, 0.15) is 23.1 Å². The maximum atomic E-state index is 15.0. The smallest absolute Gasteiger partial charge is 0.223 e. The molecule has 2 N–H and O–H groups in total. The molecule has 0 saturated carbocycles. The Balaban J connectivity index is 1.35. The predicted molar refractivity (Wildman–Crippen MR) is 140 cm³/mol. The number of anilines is 1. The minimum Gasteiger partial charge on any atom is -0.350 e. The lowest BCUT2D eigenvalue weighted by atomic mass is 10.1. The monoisotopic (exact) mass is 523 g/mol. The molecule has 1 aliphatic rings.